The zero-order chi connectivity index (χ0) is 10.8. The van der Waals surface area contributed by atoms with Crippen LogP contribution in [0.2, 0.25) is 0 Å². The number of rotatable bonds is 2. The molecule has 76 valence electrons. The summed E-state index contributed by atoms with van der Waals surface area (Å²) in [5.41, 5.74) is 0.597. The van der Waals surface area contributed by atoms with Crippen LogP contribution in [0.1, 0.15) is 16.2 Å². The Morgan fingerprint density at radius 1 is 1.47 bits per heavy atom. The first-order chi connectivity index (χ1) is 7.18. The first kappa shape index (κ1) is 10.2. The minimum absolute atomic E-state index is 0.166. The molecule has 1 aromatic carbocycles. The Hall–Kier alpha value is -1.31. The van der Waals surface area contributed by atoms with Gasteiger partial charge in [-0.05, 0) is 45.2 Å². The predicted octanol–water partition coefficient (Wildman–Crippen LogP) is 1.05. The minimum atomic E-state index is -0.166. The number of hydrogen-bond acceptors (Lipinski definition) is 4. The minimum Gasteiger partial charge on any atom is -0.285 e. The van der Waals surface area contributed by atoms with Crippen LogP contribution in [0.3, 0.4) is 0 Å². The van der Waals surface area contributed by atoms with E-state index >= 15 is 0 Å². The number of carbonyl (C=O) groups is 1. The van der Waals surface area contributed by atoms with E-state index in [-0.39, 0.29) is 11.6 Å². The molecule has 0 atom stereocenters. The zero-order valence-electron chi connectivity index (χ0n) is 7.88. The number of aromatic nitrogens is 4. The summed E-state index contributed by atoms with van der Waals surface area (Å²) in [6, 6.07) is 7.31. The SMILES string of the molecule is Cn1nnnc1C(=O)c1cccc(I)c1. The van der Waals surface area contributed by atoms with Crippen LogP contribution in [0, 0.1) is 3.57 Å². The van der Waals surface area contributed by atoms with Crippen molar-refractivity contribution in [3.05, 3.63) is 39.2 Å². The molecule has 0 amide bonds. The van der Waals surface area contributed by atoms with Crippen molar-refractivity contribution in [3.8, 4) is 0 Å². The monoisotopic (exact) mass is 314 g/mol. The lowest BCUT2D eigenvalue weighted by molar-refractivity contribution is 0.102. The van der Waals surface area contributed by atoms with Gasteiger partial charge in [-0.25, -0.2) is 4.68 Å². The summed E-state index contributed by atoms with van der Waals surface area (Å²) in [6.07, 6.45) is 0. The van der Waals surface area contributed by atoms with Crippen molar-refractivity contribution < 1.29 is 4.79 Å². The smallest absolute Gasteiger partial charge is 0.231 e. The highest BCUT2D eigenvalue weighted by molar-refractivity contribution is 14.1. The first-order valence-corrected chi connectivity index (χ1v) is 5.29. The van der Waals surface area contributed by atoms with Crippen molar-refractivity contribution >= 4 is 28.4 Å². The average Bonchev–Trinajstić information content (AvgIpc) is 2.63. The van der Waals surface area contributed by atoms with E-state index in [1.807, 2.05) is 12.1 Å². The van der Waals surface area contributed by atoms with E-state index in [4.69, 9.17) is 0 Å². The second kappa shape index (κ2) is 4.05. The lowest BCUT2D eigenvalue weighted by Gasteiger charge is -1.99. The second-order valence-corrected chi connectivity index (χ2v) is 4.21. The van der Waals surface area contributed by atoms with Crippen LogP contribution in [-0.2, 0) is 7.05 Å². The van der Waals surface area contributed by atoms with Gasteiger partial charge in [0.15, 0.2) is 0 Å². The molecule has 0 saturated heterocycles. The van der Waals surface area contributed by atoms with E-state index in [1.165, 1.54) is 4.68 Å². The summed E-state index contributed by atoms with van der Waals surface area (Å²) in [7, 11) is 1.64. The van der Waals surface area contributed by atoms with Gasteiger partial charge in [-0.2, -0.15) is 0 Å². The Balaban J connectivity index is 2.41. The molecule has 1 aromatic heterocycles. The van der Waals surface area contributed by atoms with E-state index in [1.54, 1.807) is 19.2 Å². The van der Waals surface area contributed by atoms with Crippen LogP contribution in [-0.4, -0.2) is 26.0 Å². The van der Waals surface area contributed by atoms with Gasteiger partial charge in [0.1, 0.15) is 0 Å². The van der Waals surface area contributed by atoms with Crippen LogP contribution < -0.4 is 0 Å². The van der Waals surface area contributed by atoms with Crippen LogP contribution in [0.5, 0.6) is 0 Å². The lowest BCUT2D eigenvalue weighted by Crippen LogP contribution is -2.09. The highest BCUT2D eigenvalue weighted by atomic mass is 127. The van der Waals surface area contributed by atoms with E-state index in [9.17, 15) is 4.79 Å². The molecular weight excluding hydrogens is 307 g/mol. The summed E-state index contributed by atoms with van der Waals surface area (Å²) >= 11 is 2.15. The molecule has 0 unspecified atom stereocenters. The number of aryl methyl sites for hydroxylation is 1. The number of tetrazole rings is 1. The van der Waals surface area contributed by atoms with Crippen LogP contribution >= 0.6 is 22.6 Å². The molecule has 0 fully saturated rings. The number of benzene rings is 1. The zero-order valence-corrected chi connectivity index (χ0v) is 10.0. The van der Waals surface area contributed by atoms with Crippen LogP contribution in [0.15, 0.2) is 24.3 Å². The quantitative estimate of drug-likeness (QED) is 0.614. The number of ketones is 1. The van der Waals surface area contributed by atoms with Crippen LogP contribution in [0.25, 0.3) is 0 Å². The average molecular weight is 314 g/mol. The van der Waals surface area contributed by atoms with Gasteiger partial charge >= 0.3 is 0 Å². The summed E-state index contributed by atoms with van der Waals surface area (Å²) in [5, 5.41) is 10.7. The number of nitrogens with zero attached hydrogens (tertiary/aromatic N) is 4. The van der Waals surface area contributed by atoms with Crippen LogP contribution in [0.4, 0.5) is 0 Å². The third-order valence-electron chi connectivity index (χ3n) is 1.91. The molecular formula is C9H7IN4O. The molecule has 0 saturated carbocycles. The van der Waals surface area contributed by atoms with Gasteiger partial charge in [0.05, 0.1) is 0 Å². The number of halogens is 1. The topological polar surface area (TPSA) is 60.7 Å². The van der Waals surface area contributed by atoms with E-state index in [0.29, 0.717) is 5.56 Å². The lowest BCUT2D eigenvalue weighted by atomic mass is 10.1. The van der Waals surface area contributed by atoms with Crippen molar-refractivity contribution in [1.29, 1.82) is 0 Å². The Morgan fingerprint density at radius 3 is 2.87 bits per heavy atom. The molecule has 0 aliphatic heterocycles. The van der Waals surface area contributed by atoms with Gasteiger partial charge < -0.3 is 0 Å². The van der Waals surface area contributed by atoms with Gasteiger partial charge in [-0.1, -0.05) is 12.1 Å². The highest BCUT2D eigenvalue weighted by Gasteiger charge is 2.15. The van der Waals surface area contributed by atoms with E-state index in [0.717, 1.165) is 3.57 Å². The molecule has 0 bridgehead atoms. The summed E-state index contributed by atoms with van der Waals surface area (Å²) < 4.78 is 2.37. The van der Waals surface area contributed by atoms with E-state index < -0.39 is 0 Å². The molecule has 0 radical (unpaired) electrons. The number of hydrogen-bond donors (Lipinski definition) is 0. The fourth-order valence-electron chi connectivity index (χ4n) is 1.18. The molecule has 15 heavy (non-hydrogen) atoms. The largest absolute Gasteiger partial charge is 0.285 e. The Bertz CT molecular complexity index is 508. The molecule has 0 aliphatic carbocycles. The molecule has 0 spiro atoms. The van der Waals surface area contributed by atoms with Crippen molar-refractivity contribution in [2.24, 2.45) is 7.05 Å². The molecule has 1 heterocycles. The molecule has 2 aromatic rings. The molecule has 0 N–H and O–H groups in total. The maximum absolute atomic E-state index is 11.9. The molecule has 6 heteroatoms. The Kier molecular flexibility index (Phi) is 2.76. The van der Waals surface area contributed by atoms with Crippen molar-refractivity contribution in [1.82, 2.24) is 20.2 Å². The third kappa shape index (κ3) is 2.04. The second-order valence-electron chi connectivity index (χ2n) is 2.97. The highest BCUT2D eigenvalue weighted by Crippen LogP contribution is 2.10. The van der Waals surface area contributed by atoms with Gasteiger partial charge in [-0.3, -0.25) is 4.79 Å². The van der Waals surface area contributed by atoms with Gasteiger partial charge in [0.25, 0.3) is 0 Å². The third-order valence-corrected chi connectivity index (χ3v) is 2.58. The Labute approximate surface area is 99.6 Å². The molecule has 5 nitrogen and oxygen atoms in total. The fraction of sp³-hybridized carbons (Fsp3) is 0.111. The summed E-state index contributed by atoms with van der Waals surface area (Å²) in [4.78, 5) is 11.9. The predicted molar refractivity (Wildman–Crippen MR) is 61.4 cm³/mol. The normalized spacial score (nSPS) is 10.3. The Morgan fingerprint density at radius 2 is 2.27 bits per heavy atom. The fourth-order valence-corrected chi connectivity index (χ4v) is 1.72. The van der Waals surface area contributed by atoms with Gasteiger partial charge in [-0.15, -0.1) is 5.10 Å². The molecule has 0 aliphatic rings. The van der Waals surface area contributed by atoms with Crippen molar-refractivity contribution in [2.45, 2.75) is 0 Å². The van der Waals surface area contributed by atoms with Crippen molar-refractivity contribution in [3.63, 3.8) is 0 Å². The first-order valence-electron chi connectivity index (χ1n) is 4.21. The summed E-state index contributed by atoms with van der Waals surface area (Å²) in [6.45, 7) is 0. The number of carbonyl (C=O) groups excluding carboxylic acids is 1. The molecule has 2 rings (SSSR count). The van der Waals surface area contributed by atoms with Gasteiger partial charge in [0, 0.05) is 16.2 Å². The maximum Gasteiger partial charge on any atom is 0.231 e. The maximum atomic E-state index is 11.9. The standard InChI is InChI=1S/C9H7IN4O/c1-14-9(11-12-13-14)8(15)6-3-2-4-7(10)5-6/h2-5H,1H3. The summed E-state index contributed by atoms with van der Waals surface area (Å²) in [5.74, 6) is 0.0815. The van der Waals surface area contributed by atoms with Gasteiger partial charge in [0.2, 0.25) is 11.6 Å². The van der Waals surface area contributed by atoms with Crippen molar-refractivity contribution in [2.75, 3.05) is 0 Å². The van der Waals surface area contributed by atoms with E-state index in [2.05, 4.69) is 38.1 Å².